The van der Waals surface area contributed by atoms with Crippen molar-refractivity contribution in [2.75, 3.05) is 41.0 Å². The Bertz CT molecular complexity index is 193. The first-order valence-corrected chi connectivity index (χ1v) is 6.86. The molecule has 0 aliphatic heterocycles. The zero-order chi connectivity index (χ0) is 12.4. The summed E-state index contributed by atoms with van der Waals surface area (Å²) >= 11 is 0. The lowest BCUT2D eigenvalue weighted by Gasteiger charge is -2.24. The molecule has 7 nitrogen and oxygen atoms in total. The van der Waals surface area contributed by atoms with Gasteiger partial charge in [0.25, 0.3) is 0 Å². The van der Waals surface area contributed by atoms with Crippen LogP contribution in [-0.4, -0.2) is 61.0 Å². The van der Waals surface area contributed by atoms with Gasteiger partial charge in [0.15, 0.2) is 0 Å². The van der Waals surface area contributed by atoms with Crippen molar-refractivity contribution in [2.45, 2.75) is 6.04 Å². The van der Waals surface area contributed by atoms with E-state index in [0.717, 1.165) is 0 Å². The van der Waals surface area contributed by atoms with Gasteiger partial charge in [-0.2, -0.15) is 0 Å². The van der Waals surface area contributed by atoms with Crippen molar-refractivity contribution in [3.05, 3.63) is 0 Å². The maximum atomic E-state index is 10.1. The highest BCUT2D eigenvalue weighted by atomic mass is 28.4. The number of carbonyl (C=O) groups is 1. The maximum Gasteiger partial charge on any atom is 0.501 e. The number of amides is 1. The molecule has 0 aliphatic carbocycles. The Labute approximate surface area is 96.4 Å². The minimum absolute atomic E-state index is 0.372. The molecule has 96 valence electrons. The van der Waals surface area contributed by atoms with Crippen LogP contribution in [0.3, 0.4) is 0 Å². The number of hydrogen-bond acceptors (Lipinski definition) is 5. The van der Waals surface area contributed by atoms with E-state index in [2.05, 4.69) is 10.6 Å². The molecule has 0 unspecified atom stereocenters. The molecule has 16 heavy (non-hydrogen) atoms. The zero-order valence-corrected chi connectivity index (χ0v) is 10.9. The molecule has 0 aliphatic rings. The second-order valence-electron chi connectivity index (χ2n) is 3.03. The number of carboxylic acid groups (broad SMARTS) is 1. The van der Waals surface area contributed by atoms with Crippen molar-refractivity contribution in [1.82, 2.24) is 10.6 Å². The Morgan fingerprint density at radius 2 is 1.69 bits per heavy atom. The standard InChI is InChI=1S/C8H20N2O5Si/c1-13-16(14-2,15-3)7-6-9-4-5-10-8(11)12/h9-10H,4-7H2,1-3H3,(H,11,12). The largest absolute Gasteiger partial charge is 0.501 e. The third kappa shape index (κ3) is 6.03. The van der Waals surface area contributed by atoms with Gasteiger partial charge in [-0.3, -0.25) is 0 Å². The van der Waals surface area contributed by atoms with Crippen molar-refractivity contribution < 1.29 is 23.2 Å². The predicted octanol–water partition coefficient (Wildman–Crippen LogP) is -0.278. The molecule has 0 fully saturated rings. The van der Waals surface area contributed by atoms with E-state index in [1.54, 1.807) is 21.3 Å². The first kappa shape index (κ1) is 15.3. The van der Waals surface area contributed by atoms with Crippen LogP contribution in [0.25, 0.3) is 0 Å². The molecule has 0 heterocycles. The Hall–Kier alpha value is -0.673. The first-order valence-electron chi connectivity index (χ1n) is 4.93. The van der Waals surface area contributed by atoms with Crippen LogP contribution in [0.4, 0.5) is 4.79 Å². The van der Waals surface area contributed by atoms with Crippen molar-refractivity contribution in [3.63, 3.8) is 0 Å². The second kappa shape index (κ2) is 8.48. The van der Waals surface area contributed by atoms with E-state index < -0.39 is 14.9 Å². The summed E-state index contributed by atoms with van der Waals surface area (Å²) in [4.78, 5) is 10.1. The van der Waals surface area contributed by atoms with E-state index in [9.17, 15) is 4.79 Å². The summed E-state index contributed by atoms with van der Waals surface area (Å²) in [5.41, 5.74) is 0. The molecule has 1 amide bonds. The van der Waals surface area contributed by atoms with Crippen molar-refractivity contribution in [1.29, 1.82) is 0 Å². The third-order valence-electron chi connectivity index (χ3n) is 2.12. The highest BCUT2D eigenvalue weighted by Gasteiger charge is 2.36. The highest BCUT2D eigenvalue weighted by Crippen LogP contribution is 2.10. The van der Waals surface area contributed by atoms with E-state index in [1.165, 1.54) is 0 Å². The zero-order valence-electron chi connectivity index (χ0n) is 9.91. The summed E-state index contributed by atoms with van der Waals surface area (Å²) in [6.07, 6.45) is -1.02. The molecule has 0 saturated carbocycles. The van der Waals surface area contributed by atoms with Crippen LogP contribution in [-0.2, 0) is 13.3 Å². The van der Waals surface area contributed by atoms with Gasteiger partial charge in [0, 0.05) is 40.5 Å². The molecule has 0 atom stereocenters. The fraction of sp³-hybridized carbons (Fsp3) is 0.875. The molecule has 0 radical (unpaired) electrons. The van der Waals surface area contributed by atoms with Gasteiger partial charge in [0.1, 0.15) is 0 Å². The SMILES string of the molecule is CO[Si](CCNCCNC(=O)O)(OC)OC. The second-order valence-corrected chi connectivity index (χ2v) is 6.12. The van der Waals surface area contributed by atoms with Crippen LogP contribution >= 0.6 is 0 Å². The number of nitrogens with one attached hydrogen (secondary N) is 2. The molecular formula is C8H20N2O5Si. The van der Waals surface area contributed by atoms with E-state index >= 15 is 0 Å². The highest BCUT2D eigenvalue weighted by molar-refractivity contribution is 6.60. The summed E-state index contributed by atoms with van der Waals surface area (Å²) < 4.78 is 15.7. The Balaban J connectivity index is 3.59. The number of hydrogen-bond donors (Lipinski definition) is 3. The van der Waals surface area contributed by atoms with Gasteiger partial charge in [0.2, 0.25) is 0 Å². The van der Waals surface area contributed by atoms with Crippen LogP contribution < -0.4 is 10.6 Å². The molecule has 0 aromatic rings. The van der Waals surface area contributed by atoms with Crippen molar-refractivity contribution >= 4 is 14.9 Å². The lowest BCUT2D eigenvalue weighted by molar-refractivity contribution is 0.123. The number of rotatable bonds is 9. The molecule has 0 rings (SSSR count). The average molecular weight is 252 g/mol. The summed E-state index contributed by atoms with van der Waals surface area (Å²) in [5, 5.41) is 13.6. The van der Waals surface area contributed by atoms with Crippen LogP contribution in [0, 0.1) is 0 Å². The minimum atomic E-state index is -2.50. The van der Waals surface area contributed by atoms with Crippen LogP contribution in [0.2, 0.25) is 6.04 Å². The van der Waals surface area contributed by atoms with Gasteiger partial charge in [-0.25, -0.2) is 4.79 Å². The monoisotopic (exact) mass is 252 g/mol. The fourth-order valence-electron chi connectivity index (χ4n) is 1.18. The summed E-state index contributed by atoms with van der Waals surface area (Å²) in [7, 11) is 2.18. The smallest absolute Gasteiger partial charge is 0.465 e. The predicted molar refractivity (Wildman–Crippen MR) is 60.5 cm³/mol. The molecular weight excluding hydrogens is 232 g/mol. The Kier molecular flexibility index (Phi) is 8.12. The van der Waals surface area contributed by atoms with Crippen molar-refractivity contribution in [2.24, 2.45) is 0 Å². The van der Waals surface area contributed by atoms with Gasteiger partial charge in [-0.05, 0) is 6.54 Å². The van der Waals surface area contributed by atoms with E-state index in [1.807, 2.05) is 0 Å². The molecule has 0 aromatic carbocycles. The van der Waals surface area contributed by atoms with E-state index in [0.29, 0.717) is 25.7 Å². The average Bonchev–Trinajstić information content (AvgIpc) is 2.29. The van der Waals surface area contributed by atoms with Crippen LogP contribution in [0.1, 0.15) is 0 Å². The van der Waals surface area contributed by atoms with Gasteiger partial charge >= 0.3 is 14.9 Å². The fourth-order valence-corrected chi connectivity index (χ4v) is 2.78. The first-order chi connectivity index (χ1) is 7.60. The normalized spacial score (nSPS) is 11.4. The van der Waals surface area contributed by atoms with Gasteiger partial charge < -0.3 is 29.0 Å². The molecule has 8 heteroatoms. The summed E-state index contributed by atoms with van der Waals surface area (Å²) in [6, 6.07) is 0.642. The Morgan fingerprint density at radius 1 is 1.12 bits per heavy atom. The lowest BCUT2D eigenvalue weighted by Crippen LogP contribution is -2.45. The molecule has 0 aromatic heterocycles. The Morgan fingerprint density at radius 3 is 2.12 bits per heavy atom. The summed E-state index contributed by atoms with van der Waals surface area (Å²) in [6.45, 7) is 1.59. The summed E-state index contributed by atoms with van der Waals surface area (Å²) in [5.74, 6) is 0. The molecule has 0 bridgehead atoms. The minimum Gasteiger partial charge on any atom is -0.465 e. The topological polar surface area (TPSA) is 89.1 Å². The van der Waals surface area contributed by atoms with Gasteiger partial charge in [-0.1, -0.05) is 0 Å². The van der Waals surface area contributed by atoms with Gasteiger partial charge in [0.05, 0.1) is 0 Å². The third-order valence-corrected chi connectivity index (χ3v) is 4.85. The van der Waals surface area contributed by atoms with E-state index in [-0.39, 0.29) is 0 Å². The molecule has 0 spiro atoms. The van der Waals surface area contributed by atoms with Crippen molar-refractivity contribution in [3.8, 4) is 0 Å². The van der Waals surface area contributed by atoms with Crippen LogP contribution in [0.15, 0.2) is 0 Å². The quantitative estimate of drug-likeness (QED) is 0.386. The van der Waals surface area contributed by atoms with Crippen LogP contribution in [0.5, 0.6) is 0 Å². The maximum absolute atomic E-state index is 10.1. The van der Waals surface area contributed by atoms with Gasteiger partial charge in [-0.15, -0.1) is 0 Å². The van der Waals surface area contributed by atoms with E-state index in [4.69, 9.17) is 18.4 Å². The lowest BCUT2D eigenvalue weighted by atomic mass is 10.6. The molecule has 3 N–H and O–H groups in total. The molecule has 0 saturated heterocycles.